The van der Waals surface area contributed by atoms with Crippen molar-refractivity contribution < 1.29 is 52.8 Å². The highest BCUT2D eigenvalue weighted by Gasteiger charge is 2.30. The fourth-order valence-corrected chi connectivity index (χ4v) is 6.26. The Morgan fingerprint density at radius 2 is 0.957 bits per heavy atom. The third-order valence-corrected chi connectivity index (χ3v) is 10.9. The summed E-state index contributed by atoms with van der Waals surface area (Å²) in [4.78, 5) is 73.1. The molecule has 4 atom stereocenters. The van der Waals surface area contributed by atoms with Crippen molar-refractivity contribution in [3.05, 3.63) is 53.6 Å². The Bertz CT molecular complexity index is 1440. The van der Waals surface area contributed by atoms with Gasteiger partial charge in [-0.05, 0) is 64.1 Å². The first kappa shape index (κ1) is 37.9. The number of carboxylic acids is 1. The molecule has 0 fully saturated rings. The van der Waals surface area contributed by atoms with Crippen molar-refractivity contribution in [3.63, 3.8) is 0 Å². The van der Waals surface area contributed by atoms with Gasteiger partial charge in [-0.2, -0.15) is 0 Å². The van der Waals surface area contributed by atoms with Crippen LogP contribution in [0.25, 0.3) is 0 Å². The molecule has 0 radical (unpaired) electrons. The van der Waals surface area contributed by atoms with E-state index < -0.39 is 70.4 Å². The highest BCUT2D eigenvalue weighted by molar-refractivity contribution is 6.91. The summed E-state index contributed by atoms with van der Waals surface area (Å²) >= 11 is 0. The normalized spacial score (nSPS) is 14.1. The molecule has 0 aliphatic carbocycles. The van der Waals surface area contributed by atoms with E-state index >= 15 is 0 Å². The molecule has 14 heteroatoms. The number of ether oxygens (including phenoxy) is 4. The number of carbonyl (C=O) groups is 6. The zero-order valence-corrected chi connectivity index (χ0v) is 29.9. The Labute approximate surface area is 270 Å². The number of rotatable bonds is 13. The van der Waals surface area contributed by atoms with Crippen LogP contribution in [0.3, 0.4) is 0 Å². The quantitative estimate of drug-likeness (QED) is 0.181. The molecule has 2 N–H and O–H groups in total. The molecular weight excluding hydrogens is 631 g/mol. The first-order valence-electron chi connectivity index (χ1n) is 14.7. The van der Waals surface area contributed by atoms with Gasteiger partial charge in [0.15, 0.2) is 24.4 Å². The zero-order valence-electron chi connectivity index (χ0n) is 27.9. The summed E-state index contributed by atoms with van der Waals surface area (Å²) in [6, 6.07) is 12.1. The molecule has 12 nitrogen and oxygen atoms in total. The van der Waals surface area contributed by atoms with Crippen LogP contribution in [0.2, 0.25) is 39.3 Å². The minimum Gasteiger partial charge on any atom is -0.479 e. The number of aliphatic carboxylic acids is 1. The van der Waals surface area contributed by atoms with Gasteiger partial charge in [0.05, 0.1) is 21.7 Å². The van der Waals surface area contributed by atoms with Gasteiger partial charge in [0.1, 0.15) is 0 Å². The molecule has 0 bridgehead atoms. The van der Waals surface area contributed by atoms with Gasteiger partial charge < -0.3 is 29.4 Å². The molecule has 46 heavy (non-hydrogen) atoms. The van der Waals surface area contributed by atoms with Crippen molar-refractivity contribution >= 4 is 68.0 Å². The van der Waals surface area contributed by atoms with Crippen molar-refractivity contribution in [1.82, 2.24) is 0 Å². The van der Waals surface area contributed by atoms with Gasteiger partial charge in [0.2, 0.25) is 0 Å². The van der Waals surface area contributed by atoms with Crippen LogP contribution in [0.4, 0.5) is 5.69 Å². The summed E-state index contributed by atoms with van der Waals surface area (Å²) in [5, 5.41) is 14.3. The molecular formula is C32H43NO11Si2. The number of benzene rings is 2. The van der Waals surface area contributed by atoms with Crippen LogP contribution < -0.4 is 15.7 Å². The molecule has 0 aliphatic rings. The summed E-state index contributed by atoms with van der Waals surface area (Å²) in [6.45, 7) is 18.3. The average Bonchev–Trinajstić information content (AvgIpc) is 2.95. The van der Waals surface area contributed by atoms with Gasteiger partial charge >= 0.3 is 29.8 Å². The lowest BCUT2D eigenvalue weighted by molar-refractivity contribution is -0.182. The SMILES string of the molecule is C[C@H](OC(=O)[C@H](C)OC(=O)[C@H](C)OC(=O)[C@H](C)OC(=O)c1ccc(C(=O)Nc2cc([Si](C)(C)C)cc([Si](C)(C)C)c2)cc1)C(=O)O. The van der Waals surface area contributed by atoms with Crippen LogP contribution in [0, 0.1) is 0 Å². The minimum absolute atomic E-state index is 0.0772. The average molecular weight is 674 g/mol. The number of nitrogens with one attached hydrogen (secondary N) is 1. The number of anilines is 1. The summed E-state index contributed by atoms with van der Waals surface area (Å²) in [6.07, 6.45) is -5.81. The molecule has 2 aromatic carbocycles. The first-order valence-corrected chi connectivity index (χ1v) is 21.7. The van der Waals surface area contributed by atoms with Crippen LogP contribution in [0.5, 0.6) is 0 Å². The highest BCUT2D eigenvalue weighted by atomic mass is 28.3. The van der Waals surface area contributed by atoms with E-state index in [1.54, 1.807) is 0 Å². The highest BCUT2D eigenvalue weighted by Crippen LogP contribution is 2.15. The van der Waals surface area contributed by atoms with Gasteiger partial charge in [-0.3, -0.25) is 4.79 Å². The van der Waals surface area contributed by atoms with E-state index in [9.17, 15) is 28.8 Å². The monoisotopic (exact) mass is 673 g/mol. The summed E-state index contributed by atoms with van der Waals surface area (Å²) in [5.41, 5.74) is 1.12. The van der Waals surface area contributed by atoms with E-state index in [1.165, 1.54) is 55.4 Å². The minimum atomic E-state index is -1.65. The van der Waals surface area contributed by atoms with Crippen LogP contribution in [-0.2, 0) is 38.1 Å². The van der Waals surface area contributed by atoms with E-state index in [-0.39, 0.29) is 11.5 Å². The van der Waals surface area contributed by atoms with Crippen molar-refractivity contribution in [2.24, 2.45) is 0 Å². The zero-order chi connectivity index (χ0) is 35.1. The summed E-state index contributed by atoms with van der Waals surface area (Å²) < 4.78 is 19.7. The molecule has 2 rings (SSSR count). The van der Waals surface area contributed by atoms with Crippen LogP contribution in [-0.4, -0.2) is 81.4 Å². The number of carbonyl (C=O) groups excluding carboxylic acids is 5. The van der Waals surface area contributed by atoms with E-state index in [2.05, 4.69) is 55.4 Å². The lowest BCUT2D eigenvalue weighted by atomic mass is 10.1. The molecule has 0 unspecified atom stereocenters. The molecule has 250 valence electrons. The predicted molar refractivity (Wildman–Crippen MR) is 176 cm³/mol. The fourth-order valence-electron chi connectivity index (χ4n) is 3.76. The van der Waals surface area contributed by atoms with Crippen LogP contribution >= 0.6 is 0 Å². The third-order valence-electron chi connectivity index (χ3n) is 6.81. The van der Waals surface area contributed by atoms with E-state index in [0.29, 0.717) is 5.56 Å². The van der Waals surface area contributed by atoms with Crippen molar-refractivity contribution in [1.29, 1.82) is 0 Å². The second-order valence-corrected chi connectivity index (χ2v) is 23.1. The third kappa shape index (κ3) is 10.9. The van der Waals surface area contributed by atoms with Crippen molar-refractivity contribution in [2.45, 2.75) is 91.4 Å². The number of amides is 1. The standard InChI is InChI=1S/C32H43NO11Si2/c1-18(28(35)36)41-29(37)19(2)42-30(38)20(3)43-31(39)21(4)44-32(40)23-13-11-22(12-14-23)27(34)33-24-15-25(45(5,6)7)17-26(16-24)46(8,9)10/h11-21H,1-10H3,(H,33,34)(H,35,36)/t18-,19-,20-,21-/m0/s1. The maximum absolute atomic E-state index is 13.1. The maximum Gasteiger partial charge on any atom is 0.348 e. The Balaban J connectivity index is 1.99. The molecule has 1 amide bonds. The van der Waals surface area contributed by atoms with Crippen molar-refractivity contribution in [3.8, 4) is 0 Å². The van der Waals surface area contributed by atoms with Crippen molar-refractivity contribution in [2.75, 3.05) is 5.32 Å². The smallest absolute Gasteiger partial charge is 0.348 e. The largest absolute Gasteiger partial charge is 0.479 e. The summed E-state index contributed by atoms with van der Waals surface area (Å²) in [7, 11) is -3.30. The predicted octanol–water partition coefficient (Wildman–Crippen LogP) is 3.45. The first-order chi connectivity index (χ1) is 21.1. The molecule has 2 aromatic rings. The molecule has 0 spiro atoms. The molecule has 0 aliphatic heterocycles. The maximum atomic E-state index is 13.1. The lowest BCUT2D eigenvalue weighted by Gasteiger charge is -2.24. The number of hydrogen-bond acceptors (Lipinski definition) is 10. The Morgan fingerprint density at radius 3 is 1.35 bits per heavy atom. The van der Waals surface area contributed by atoms with Gasteiger partial charge in [0.25, 0.3) is 5.91 Å². The van der Waals surface area contributed by atoms with Crippen LogP contribution in [0.1, 0.15) is 48.4 Å². The van der Waals surface area contributed by atoms with E-state index in [0.717, 1.165) is 12.6 Å². The molecule has 0 heterocycles. The second-order valence-electron chi connectivity index (χ2n) is 13.0. The van der Waals surface area contributed by atoms with Gasteiger partial charge in [0, 0.05) is 11.3 Å². The van der Waals surface area contributed by atoms with Gasteiger partial charge in [-0.1, -0.05) is 55.7 Å². The Hall–Kier alpha value is -4.31. The van der Waals surface area contributed by atoms with E-state index in [4.69, 9.17) is 19.3 Å². The van der Waals surface area contributed by atoms with Crippen LogP contribution in [0.15, 0.2) is 42.5 Å². The molecule has 0 saturated heterocycles. The molecule has 0 saturated carbocycles. The molecule has 0 aromatic heterocycles. The van der Waals surface area contributed by atoms with Gasteiger partial charge in [-0.25, -0.2) is 24.0 Å². The fraction of sp³-hybridized carbons (Fsp3) is 0.438. The Kier molecular flexibility index (Phi) is 12.6. The second kappa shape index (κ2) is 15.3. The number of hydrogen-bond donors (Lipinski definition) is 2. The number of carboxylic acid groups (broad SMARTS) is 1. The van der Waals surface area contributed by atoms with Gasteiger partial charge in [-0.15, -0.1) is 0 Å². The summed E-state index contributed by atoms with van der Waals surface area (Å²) in [5.74, 6) is -5.84. The Morgan fingerprint density at radius 1 is 0.587 bits per heavy atom. The number of esters is 4. The topological polar surface area (TPSA) is 172 Å². The lowest BCUT2D eigenvalue weighted by Crippen LogP contribution is -2.45. The van der Waals surface area contributed by atoms with E-state index in [1.807, 2.05) is 12.1 Å².